The summed E-state index contributed by atoms with van der Waals surface area (Å²) in [5.74, 6) is 1.15. The third-order valence-corrected chi connectivity index (χ3v) is 4.04. The predicted molar refractivity (Wildman–Crippen MR) is 85.6 cm³/mol. The van der Waals surface area contributed by atoms with Crippen LogP contribution in [0.2, 0.25) is 0 Å². The molecule has 0 unspecified atom stereocenters. The molecule has 2 aromatic rings. The lowest BCUT2D eigenvalue weighted by atomic mass is 10.1. The van der Waals surface area contributed by atoms with Crippen LogP contribution in [0.4, 0.5) is 5.95 Å². The molecule has 1 saturated heterocycles. The van der Waals surface area contributed by atoms with Crippen LogP contribution in [0.3, 0.4) is 0 Å². The Morgan fingerprint density at radius 1 is 1.26 bits per heavy atom. The molecule has 2 aromatic heterocycles. The highest BCUT2D eigenvalue weighted by molar-refractivity contribution is 5.96. The first-order valence-corrected chi connectivity index (χ1v) is 7.75. The average Bonchev–Trinajstić information content (AvgIpc) is 3.05. The van der Waals surface area contributed by atoms with Crippen LogP contribution in [0.15, 0.2) is 10.6 Å². The number of aryl methyl sites for hydroxylation is 4. The van der Waals surface area contributed by atoms with E-state index in [1.54, 1.807) is 13.8 Å². The van der Waals surface area contributed by atoms with Gasteiger partial charge in [-0.15, -0.1) is 0 Å². The van der Waals surface area contributed by atoms with Crippen LogP contribution in [0, 0.1) is 27.7 Å². The van der Waals surface area contributed by atoms with E-state index in [1.807, 2.05) is 19.9 Å². The molecular formula is C16H21N5O2. The summed E-state index contributed by atoms with van der Waals surface area (Å²) in [7, 11) is 0. The maximum atomic E-state index is 12.4. The molecule has 3 rings (SSSR count). The number of carbonyl (C=O) groups excluding carboxylic acids is 1. The zero-order valence-corrected chi connectivity index (χ0v) is 13.9. The zero-order chi connectivity index (χ0) is 16.6. The van der Waals surface area contributed by atoms with E-state index in [2.05, 4.69) is 25.3 Å². The van der Waals surface area contributed by atoms with Crippen LogP contribution in [-0.4, -0.2) is 40.2 Å². The van der Waals surface area contributed by atoms with Crippen molar-refractivity contribution in [1.29, 1.82) is 0 Å². The lowest BCUT2D eigenvalue weighted by Crippen LogP contribution is -2.37. The first-order valence-electron chi connectivity index (χ1n) is 7.75. The van der Waals surface area contributed by atoms with Gasteiger partial charge >= 0.3 is 0 Å². The molecular weight excluding hydrogens is 294 g/mol. The number of carbonyl (C=O) groups is 1. The van der Waals surface area contributed by atoms with Crippen molar-refractivity contribution in [3.05, 3.63) is 34.5 Å². The number of rotatable bonds is 3. The second-order valence-electron chi connectivity index (χ2n) is 6.05. The van der Waals surface area contributed by atoms with Crippen LogP contribution >= 0.6 is 0 Å². The van der Waals surface area contributed by atoms with Gasteiger partial charge in [-0.2, -0.15) is 0 Å². The number of aromatic nitrogens is 3. The number of nitrogens with one attached hydrogen (secondary N) is 1. The van der Waals surface area contributed by atoms with Gasteiger partial charge < -0.3 is 14.7 Å². The summed E-state index contributed by atoms with van der Waals surface area (Å²) in [5, 5.41) is 6.88. The summed E-state index contributed by atoms with van der Waals surface area (Å²) in [6.45, 7) is 8.98. The Morgan fingerprint density at radius 3 is 2.57 bits per heavy atom. The first-order chi connectivity index (χ1) is 10.9. The number of hydrogen-bond acceptors (Lipinski definition) is 6. The maximum absolute atomic E-state index is 12.4. The van der Waals surface area contributed by atoms with Crippen LogP contribution in [0.1, 0.15) is 39.6 Å². The van der Waals surface area contributed by atoms with Gasteiger partial charge in [0.2, 0.25) is 5.95 Å². The third kappa shape index (κ3) is 3.18. The van der Waals surface area contributed by atoms with Crippen LogP contribution in [0.25, 0.3) is 0 Å². The highest BCUT2D eigenvalue weighted by Gasteiger charge is 2.28. The Bertz CT molecular complexity index is 700. The van der Waals surface area contributed by atoms with Crippen LogP contribution in [-0.2, 0) is 0 Å². The molecule has 1 amide bonds. The Kier molecular flexibility index (Phi) is 4.02. The maximum Gasteiger partial charge on any atom is 0.257 e. The van der Waals surface area contributed by atoms with Crippen molar-refractivity contribution < 1.29 is 9.32 Å². The molecule has 122 valence electrons. The van der Waals surface area contributed by atoms with E-state index in [1.165, 1.54) is 0 Å². The molecule has 0 aromatic carbocycles. The van der Waals surface area contributed by atoms with Crippen molar-refractivity contribution >= 4 is 11.9 Å². The molecule has 1 aliphatic rings. The lowest BCUT2D eigenvalue weighted by Gasteiger charge is -2.17. The minimum atomic E-state index is -0.130. The smallest absolute Gasteiger partial charge is 0.257 e. The van der Waals surface area contributed by atoms with Gasteiger partial charge in [-0.05, 0) is 40.2 Å². The summed E-state index contributed by atoms with van der Waals surface area (Å²) in [5.41, 5.74) is 3.06. The Labute approximate surface area is 135 Å². The molecule has 1 fully saturated rings. The monoisotopic (exact) mass is 315 g/mol. The molecule has 0 aliphatic carbocycles. The Balaban J connectivity index is 1.67. The number of amides is 1. The average molecular weight is 315 g/mol. The molecule has 1 N–H and O–H groups in total. The minimum Gasteiger partial charge on any atom is -0.361 e. The fraction of sp³-hybridized carbons (Fsp3) is 0.500. The molecule has 7 heteroatoms. The minimum absolute atomic E-state index is 0.0700. The normalized spacial score (nSPS) is 17.6. The predicted octanol–water partition coefficient (Wildman–Crippen LogP) is 1.71. The molecule has 0 bridgehead atoms. The standard InChI is InChI=1S/C16H21N5O2/c1-9-7-10(2)18-16(17-9)21-6-5-13(8-21)19-15(22)14-11(3)20-23-12(14)4/h7,13H,5-6,8H2,1-4H3,(H,19,22)/t13-/m0/s1. The van der Waals surface area contributed by atoms with E-state index in [9.17, 15) is 4.79 Å². The van der Waals surface area contributed by atoms with Gasteiger partial charge in [0.1, 0.15) is 11.3 Å². The molecule has 7 nitrogen and oxygen atoms in total. The first kappa shape index (κ1) is 15.5. The number of nitrogens with zero attached hydrogens (tertiary/aromatic N) is 4. The molecule has 1 atom stereocenters. The second kappa shape index (κ2) is 5.98. The third-order valence-electron chi connectivity index (χ3n) is 4.04. The second-order valence-corrected chi connectivity index (χ2v) is 6.05. The summed E-state index contributed by atoms with van der Waals surface area (Å²) in [4.78, 5) is 23.5. The van der Waals surface area contributed by atoms with E-state index >= 15 is 0 Å². The van der Waals surface area contributed by atoms with Crippen molar-refractivity contribution in [3.8, 4) is 0 Å². The topological polar surface area (TPSA) is 84.2 Å². The van der Waals surface area contributed by atoms with Gasteiger partial charge in [0.25, 0.3) is 5.91 Å². The molecule has 0 saturated carbocycles. The van der Waals surface area contributed by atoms with Crippen molar-refractivity contribution in [2.45, 2.75) is 40.2 Å². The van der Waals surface area contributed by atoms with Crippen molar-refractivity contribution in [2.75, 3.05) is 18.0 Å². The SMILES string of the molecule is Cc1cc(C)nc(N2CC[C@H](NC(=O)c3c(C)noc3C)C2)n1. The van der Waals surface area contributed by atoms with E-state index < -0.39 is 0 Å². The van der Waals surface area contributed by atoms with E-state index in [0.717, 1.165) is 30.3 Å². The number of anilines is 1. The van der Waals surface area contributed by atoms with Gasteiger partial charge in [-0.1, -0.05) is 5.16 Å². The number of hydrogen-bond donors (Lipinski definition) is 1. The molecule has 0 radical (unpaired) electrons. The Morgan fingerprint density at radius 2 is 1.96 bits per heavy atom. The highest BCUT2D eigenvalue weighted by Crippen LogP contribution is 2.18. The van der Waals surface area contributed by atoms with Crippen molar-refractivity contribution in [1.82, 2.24) is 20.4 Å². The van der Waals surface area contributed by atoms with E-state index in [0.29, 0.717) is 23.6 Å². The molecule has 0 spiro atoms. The van der Waals surface area contributed by atoms with Gasteiger partial charge in [0, 0.05) is 30.5 Å². The van der Waals surface area contributed by atoms with Crippen molar-refractivity contribution in [3.63, 3.8) is 0 Å². The molecule has 3 heterocycles. The van der Waals surface area contributed by atoms with Gasteiger partial charge in [0.05, 0.1) is 5.69 Å². The quantitative estimate of drug-likeness (QED) is 0.928. The summed E-state index contributed by atoms with van der Waals surface area (Å²) >= 11 is 0. The van der Waals surface area contributed by atoms with E-state index in [4.69, 9.17) is 4.52 Å². The van der Waals surface area contributed by atoms with Gasteiger partial charge in [-0.3, -0.25) is 4.79 Å². The van der Waals surface area contributed by atoms with Gasteiger partial charge in [-0.25, -0.2) is 9.97 Å². The molecule has 1 aliphatic heterocycles. The fourth-order valence-corrected chi connectivity index (χ4v) is 2.97. The fourth-order valence-electron chi connectivity index (χ4n) is 2.97. The molecule has 23 heavy (non-hydrogen) atoms. The Hall–Kier alpha value is -2.44. The van der Waals surface area contributed by atoms with E-state index in [-0.39, 0.29) is 11.9 Å². The zero-order valence-electron chi connectivity index (χ0n) is 13.9. The highest BCUT2D eigenvalue weighted by atomic mass is 16.5. The van der Waals surface area contributed by atoms with Crippen molar-refractivity contribution in [2.24, 2.45) is 0 Å². The summed E-state index contributed by atoms with van der Waals surface area (Å²) in [6, 6.07) is 2.02. The lowest BCUT2D eigenvalue weighted by molar-refractivity contribution is 0.0938. The van der Waals surface area contributed by atoms with Crippen LogP contribution < -0.4 is 10.2 Å². The summed E-state index contributed by atoms with van der Waals surface area (Å²) in [6.07, 6.45) is 0.867. The summed E-state index contributed by atoms with van der Waals surface area (Å²) < 4.78 is 5.06. The largest absolute Gasteiger partial charge is 0.361 e. The van der Waals surface area contributed by atoms with Gasteiger partial charge in [0.15, 0.2) is 0 Å². The van der Waals surface area contributed by atoms with Crippen LogP contribution in [0.5, 0.6) is 0 Å².